The van der Waals surface area contributed by atoms with Crippen molar-refractivity contribution in [3.05, 3.63) is 59.2 Å². The third kappa shape index (κ3) is 4.80. The first-order valence-corrected chi connectivity index (χ1v) is 9.99. The van der Waals surface area contributed by atoms with Crippen molar-refractivity contribution in [2.45, 2.75) is 31.2 Å². The Morgan fingerprint density at radius 3 is 2.59 bits per heavy atom. The van der Waals surface area contributed by atoms with Crippen molar-refractivity contribution in [1.29, 1.82) is 0 Å². The minimum atomic E-state index is -3.73. The number of hydrogen-bond acceptors (Lipinski definition) is 4. The molecule has 0 bridgehead atoms. The molecule has 1 heterocycles. The van der Waals surface area contributed by atoms with Crippen molar-refractivity contribution in [2.75, 3.05) is 17.8 Å². The van der Waals surface area contributed by atoms with E-state index >= 15 is 0 Å². The molecule has 0 unspecified atom stereocenters. The second-order valence-corrected chi connectivity index (χ2v) is 8.41. The number of nitrogens with zero attached hydrogens (tertiary/aromatic N) is 1. The zero-order valence-electron chi connectivity index (χ0n) is 15.3. The second kappa shape index (κ2) is 8.29. The summed E-state index contributed by atoms with van der Waals surface area (Å²) >= 11 is 0. The lowest BCUT2D eigenvalue weighted by Crippen LogP contribution is -2.31. The van der Waals surface area contributed by atoms with Gasteiger partial charge in [-0.3, -0.25) is 9.52 Å². The van der Waals surface area contributed by atoms with Gasteiger partial charge in [0.1, 0.15) is 0 Å². The van der Waals surface area contributed by atoms with Gasteiger partial charge >= 0.3 is 0 Å². The van der Waals surface area contributed by atoms with Crippen LogP contribution in [0.3, 0.4) is 0 Å². The fourth-order valence-corrected chi connectivity index (χ4v) is 4.46. The van der Waals surface area contributed by atoms with Crippen LogP contribution in [0.25, 0.3) is 0 Å². The van der Waals surface area contributed by atoms with Gasteiger partial charge in [-0.25, -0.2) is 8.42 Å². The highest BCUT2D eigenvalue weighted by Crippen LogP contribution is 2.22. The van der Waals surface area contributed by atoms with Crippen molar-refractivity contribution >= 4 is 34.0 Å². The van der Waals surface area contributed by atoms with Crippen molar-refractivity contribution < 1.29 is 13.2 Å². The Balaban J connectivity index is 0.00000261. The highest BCUT2D eigenvalue weighted by molar-refractivity contribution is 7.92. The van der Waals surface area contributed by atoms with Gasteiger partial charge in [-0.2, -0.15) is 0 Å². The predicted octanol–water partition coefficient (Wildman–Crippen LogP) is 2.70. The molecule has 1 aliphatic rings. The van der Waals surface area contributed by atoms with Crippen molar-refractivity contribution in [3.8, 4) is 0 Å². The number of nitrogens with two attached hydrogens (primary N) is 1. The van der Waals surface area contributed by atoms with Crippen LogP contribution < -0.4 is 10.5 Å². The summed E-state index contributed by atoms with van der Waals surface area (Å²) in [5.74, 6) is -0.134. The SMILES string of the molecule is Cc1ccc(C)c(S(=O)(=O)Nc2cccc(C(=O)N3CC[C@@H](N)C3)c2)c1.Cl. The van der Waals surface area contributed by atoms with Crippen LogP contribution in [0.5, 0.6) is 0 Å². The Morgan fingerprint density at radius 1 is 1.19 bits per heavy atom. The van der Waals surface area contributed by atoms with Gasteiger partial charge in [0.05, 0.1) is 4.90 Å². The molecule has 6 nitrogen and oxygen atoms in total. The lowest BCUT2D eigenvalue weighted by Gasteiger charge is -2.17. The number of carbonyl (C=O) groups is 1. The molecule has 0 spiro atoms. The van der Waals surface area contributed by atoms with E-state index in [1.165, 1.54) is 0 Å². The Morgan fingerprint density at radius 2 is 1.93 bits per heavy atom. The number of carbonyl (C=O) groups excluding carboxylic acids is 1. The summed E-state index contributed by atoms with van der Waals surface area (Å²) in [5, 5.41) is 0. The number of aryl methyl sites for hydroxylation is 2. The number of nitrogens with one attached hydrogen (secondary N) is 1. The Labute approximate surface area is 166 Å². The Hall–Kier alpha value is -2.09. The second-order valence-electron chi connectivity index (χ2n) is 6.76. The molecular formula is C19H24ClN3O3S. The van der Waals surface area contributed by atoms with Crippen LogP contribution in [-0.2, 0) is 10.0 Å². The molecule has 3 rings (SSSR count). The monoisotopic (exact) mass is 409 g/mol. The largest absolute Gasteiger partial charge is 0.337 e. The smallest absolute Gasteiger partial charge is 0.262 e. The highest BCUT2D eigenvalue weighted by Gasteiger charge is 2.25. The fourth-order valence-electron chi connectivity index (χ4n) is 3.08. The van der Waals surface area contributed by atoms with Crippen LogP contribution in [0.15, 0.2) is 47.4 Å². The van der Waals surface area contributed by atoms with E-state index in [-0.39, 0.29) is 29.3 Å². The number of sulfonamides is 1. The van der Waals surface area contributed by atoms with Crippen LogP contribution in [-0.4, -0.2) is 38.4 Å². The van der Waals surface area contributed by atoms with Gasteiger partial charge in [0.25, 0.3) is 15.9 Å². The van der Waals surface area contributed by atoms with Gasteiger partial charge in [-0.15, -0.1) is 12.4 Å². The molecule has 2 aromatic carbocycles. The normalized spacial score (nSPS) is 16.7. The van der Waals surface area contributed by atoms with E-state index in [4.69, 9.17) is 5.73 Å². The average Bonchev–Trinajstić information content (AvgIpc) is 3.02. The maximum atomic E-state index is 12.7. The number of hydrogen-bond donors (Lipinski definition) is 2. The van der Waals surface area contributed by atoms with E-state index in [1.807, 2.05) is 13.0 Å². The number of benzene rings is 2. The maximum Gasteiger partial charge on any atom is 0.262 e. The van der Waals surface area contributed by atoms with Crippen LogP contribution in [0.2, 0.25) is 0 Å². The molecular weight excluding hydrogens is 386 g/mol. The number of halogens is 1. The lowest BCUT2D eigenvalue weighted by atomic mass is 10.2. The first-order chi connectivity index (χ1) is 12.3. The summed E-state index contributed by atoms with van der Waals surface area (Å²) in [4.78, 5) is 14.5. The molecule has 3 N–H and O–H groups in total. The first-order valence-electron chi connectivity index (χ1n) is 8.51. The number of anilines is 1. The van der Waals surface area contributed by atoms with Crippen LogP contribution >= 0.6 is 12.4 Å². The third-order valence-corrected chi connectivity index (χ3v) is 6.03. The number of likely N-dealkylation sites (tertiary alicyclic amines) is 1. The molecule has 0 radical (unpaired) electrons. The molecule has 2 aromatic rings. The Kier molecular flexibility index (Phi) is 6.51. The van der Waals surface area contributed by atoms with E-state index in [0.29, 0.717) is 29.9 Å². The van der Waals surface area contributed by atoms with Gasteiger partial charge in [0, 0.05) is 30.4 Å². The predicted molar refractivity (Wildman–Crippen MR) is 109 cm³/mol. The number of rotatable bonds is 4. The summed E-state index contributed by atoms with van der Waals surface area (Å²) in [6.45, 7) is 4.75. The molecule has 1 saturated heterocycles. The zero-order valence-corrected chi connectivity index (χ0v) is 16.9. The molecule has 1 atom stereocenters. The van der Waals surface area contributed by atoms with Crippen molar-refractivity contribution in [2.24, 2.45) is 5.73 Å². The van der Waals surface area contributed by atoms with Crippen molar-refractivity contribution in [3.63, 3.8) is 0 Å². The van der Waals surface area contributed by atoms with Gasteiger partial charge in [0.2, 0.25) is 0 Å². The fraction of sp³-hybridized carbons (Fsp3) is 0.316. The minimum Gasteiger partial charge on any atom is -0.337 e. The summed E-state index contributed by atoms with van der Waals surface area (Å²) < 4.78 is 28.0. The third-order valence-electron chi connectivity index (χ3n) is 4.51. The van der Waals surface area contributed by atoms with Gasteiger partial charge < -0.3 is 10.6 Å². The molecule has 0 aromatic heterocycles. The topological polar surface area (TPSA) is 92.5 Å². The van der Waals surface area contributed by atoms with Gasteiger partial charge in [-0.05, 0) is 55.7 Å². The highest BCUT2D eigenvalue weighted by atomic mass is 35.5. The molecule has 27 heavy (non-hydrogen) atoms. The van der Waals surface area contributed by atoms with Crippen molar-refractivity contribution in [1.82, 2.24) is 4.90 Å². The van der Waals surface area contributed by atoms with E-state index in [0.717, 1.165) is 12.0 Å². The van der Waals surface area contributed by atoms with E-state index in [1.54, 1.807) is 48.2 Å². The molecule has 146 valence electrons. The summed E-state index contributed by atoms with van der Waals surface area (Å²) in [5.41, 5.74) is 8.20. The van der Waals surface area contributed by atoms with Crippen LogP contribution in [0.4, 0.5) is 5.69 Å². The lowest BCUT2D eigenvalue weighted by molar-refractivity contribution is 0.0791. The Bertz CT molecular complexity index is 947. The molecule has 1 aliphatic heterocycles. The minimum absolute atomic E-state index is 0. The van der Waals surface area contributed by atoms with Gasteiger partial charge in [-0.1, -0.05) is 18.2 Å². The molecule has 8 heteroatoms. The zero-order chi connectivity index (χ0) is 18.9. The standard InChI is InChI=1S/C19H23N3O3S.ClH/c1-13-6-7-14(2)18(10-13)26(24,25)21-17-5-3-4-15(11-17)19(23)22-9-8-16(20)12-22;/h3-7,10-11,16,21H,8-9,12,20H2,1-2H3;1H/t16-;/m1./s1. The number of amides is 1. The molecule has 1 amide bonds. The molecule has 0 aliphatic carbocycles. The quantitative estimate of drug-likeness (QED) is 0.811. The molecule has 1 fully saturated rings. The van der Waals surface area contributed by atoms with Gasteiger partial charge in [0.15, 0.2) is 0 Å². The van der Waals surface area contributed by atoms with Crippen LogP contribution in [0.1, 0.15) is 27.9 Å². The summed E-state index contributed by atoms with van der Waals surface area (Å²) in [7, 11) is -3.73. The van der Waals surface area contributed by atoms with Crippen LogP contribution in [0, 0.1) is 13.8 Å². The van der Waals surface area contributed by atoms with E-state index in [2.05, 4.69) is 4.72 Å². The average molecular weight is 410 g/mol. The maximum absolute atomic E-state index is 12.7. The summed E-state index contributed by atoms with van der Waals surface area (Å²) in [6.07, 6.45) is 0.782. The van der Waals surface area contributed by atoms with E-state index < -0.39 is 10.0 Å². The van der Waals surface area contributed by atoms with E-state index in [9.17, 15) is 13.2 Å². The summed E-state index contributed by atoms with van der Waals surface area (Å²) in [6, 6.07) is 11.8. The first kappa shape index (κ1) is 21.2. The molecule has 0 saturated carbocycles.